The van der Waals surface area contributed by atoms with E-state index < -0.39 is 24.0 Å². The molecule has 0 saturated heterocycles. The second kappa shape index (κ2) is 9.20. The van der Waals surface area contributed by atoms with Crippen molar-refractivity contribution < 1.29 is 13.6 Å². The van der Waals surface area contributed by atoms with E-state index in [2.05, 4.69) is 52.4 Å². The van der Waals surface area contributed by atoms with Crippen molar-refractivity contribution in [1.29, 1.82) is 0 Å². The summed E-state index contributed by atoms with van der Waals surface area (Å²) in [5.41, 5.74) is 0. The lowest BCUT2D eigenvalue weighted by atomic mass is 10.4. The minimum Gasteiger partial charge on any atom is -0.415 e. The smallest absolute Gasteiger partial charge is 0.184 e. The van der Waals surface area contributed by atoms with Gasteiger partial charge in [0, 0.05) is 6.61 Å². The van der Waals surface area contributed by atoms with Crippen molar-refractivity contribution in [3.63, 3.8) is 0 Å². The Morgan fingerprint density at radius 2 is 1.43 bits per heavy atom. The van der Waals surface area contributed by atoms with Gasteiger partial charge in [-0.3, -0.25) is 0 Å². The van der Waals surface area contributed by atoms with Crippen LogP contribution in [0.5, 0.6) is 0 Å². The van der Waals surface area contributed by atoms with Gasteiger partial charge in [-0.2, -0.15) is 11.1 Å². The monoisotopic (exact) mass is 370 g/mol. The van der Waals surface area contributed by atoms with Crippen molar-refractivity contribution in [3.05, 3.63) is 0 Å². The van der Waals surface area contributed by atoms with Crippen LogP contribution in [0.1, 0.15) is 6.42 Å². The molecule has 0 radical (unpaired) electrons. The Morgan fingerprint density at radius 3 is 1.86 bits per heavy atom. The summed E-state index contributed by atoms with van der Waals surface area (Å²) in [6.07, 6.45) is 1.10. The zero-order valence-electron chi connectivity index (χ0n) is 15.2. The quantitative estimate of drug-likeness (QED) is 0.294. The molecule has 21 heavy (non-hydrogen) atoms. The van der Waals surface area contributed by atoms with E-state index >= 15 is 0 Å². The third-order valence-electron chi connectivity index (χ3n) is 2.59. The fourth-order valence-electron chi connectivity index (χ4n) is 1.77. The predicted octanol–water partition coefficient (Wildman–Crippen LogP) is 4.91. The van der Waals surface area contributed by atoms with E-state index in [1.54, 1.807) is 0 Å². The zero-order valence-corrected chi connectivity index (χ0v) is 19.0. The van der Waals surface area contributed by atoms with Crippen LogP contribution in [0.25, 0.3) is 0 Å². The molecule has 0 spiro atoms. The number of rotatable bonds is 11. The van der Waals surface area contributed by atoms with Crippen LogP contribution < -0.4 is 0 Å². The lowest BCUT2D eigenvalue weighted by Gasteiger charge is -2.29. The van der Waals surface area contributed by atoms with Crippen LogP contribution in [-0.4, -0.2) is 49.9 Å². The minimum absolute atomic E-state index is 0.0599. The van der Waals surface area contributed by atoms with Crippen LogP contribution in [0.3, 0.4) is 0 Å². The van der Waals surface area contributed by atoms with Gasteiger partial charge in [-0.15, -0.1) is 0 Å². The first-order valence-electron chi connectivity index (χ1n) is 7.87. The summed E-state index contributed by atoms with van der Waals surface area (Å²) < 4.78 is 18.0. The molecule has 0 saturated carbocycles. The zero-order chi connectivity index (χ0) is 16.7. The number of ether oxygens (including phenoxy) is 1. The lowest BCUT2D eigenvalue weighted by molar-refractivity contribution is 0.0204. The second-order valence-electron chi connectivity index (χ2n) is 8.17. The molecule has 1 unspecified atom stereocenters. The molecule has 0 heterocycles. The van der Waals surface area contributed by atoms with Crippen LogP contribution in [0.15, 0.2) is 0 Å². The van der Waals surface area contributed by atoms with Gasteiger partial charge in [0.05, 0.1) is 19.3 Å². The van der Waals surface area contributed by atoms with Crippen molar-refractivity contribution in [2.75, 3.05) is 19.8 Å². The molecule has 7 heteroatoms. The molecule has 0 rings (SSSR count). The topological polar surface area (TPSA) is 27.7 Å². The van der Waals surface area contributed by atoms with Crippen LogP contribution in [0.2, 0.25) is 58.4 Å². The summed E-state index contributed by atoms with van der Waals surface area (Å²) in [5.74, 6) is 0. The Kier molecular flexibility index (Phi) is 9.56. The summed E-state index contributed by atoms with van der Waals surface area (Å²) in [6, 6.07) is 1.10. The Balaban J connectivity index is 4.10. The number of halogens is 1. The highest BCUT2D eigenvalue weighted by molar-refractivity contribution is 7.19. The molecule has 0 aliphatic carbocycles. The third kappa shape index (κ3) is 17.0. The van der Waals surface area contributed by atoms with Crippen LogP contribution in [0, 0.1) is 0 Å². The van der Waals surface area contributed by atoms with E-state index in [0.717, 1.165) is 19.1 Å². The molecule has 0 aromatic carbocycles. The van der Waals surface area contributed by atoms with Crippen LogP contribution >= 0.6 is 11.1 Å². The summed E-state index contributed by atoms with van der Waals surface area (Å²) in [4.78, 5) is 0. The predicted molar refractivity (Wildman–Crippen MR) is 101 cm³/mol. The average molecular weight is 371 g/mol. The molecule has 3 nitrogen and oxygen atoms in total. The summed E-state index contributed by atoms with van der Waals surface area (Å²) in [5, 5.41) is 0. The molecule has 1 atom stereocenters. The van der Waals surface area contributed by atoms with Gasteiger partial charge in [-0.05, 0) is 51.7 Å². The van der Waals surface area contributed by atoms with Crippen LogP contribution in [0.4, 0.5) is 0 Å². The third-order valence-corrected chi connectivity index (χ3v) is 6.77. The molecule has 0 amide bonds. The summed E-state index contributed by atoms with van der Waals surface area (Å²) in [6.45, 7) is 19.6. The molecule has 128 valence electrons. The van der Waals surface area contributed by atoms with Gasteiger partial charge in [0.25, 0.3) is 0 Å². The Bertz CT molecular complexity index is 283. The van der Waals surface area contributed by atoms with E-state index in [-0.39, 0.29) is 6.10 Å². The summed E-state index contributed by atoms with van der Waals surface area (Å²) in [7, 11) is -4.54. The Morgan fingerprint density at radius 1 is 0.857 bits per heavy atom. The van der Waals surface area contributed by atoms with Crippen molar-refractivity contribution in [3.8, 4) is 0 Å². The van der Waals surface area contributed by atoms with E-state index in [0.29, 0.717) is 13.2 Å². The number of hydrogen-bond acceptors (Lipinski definition) is 3. The van der Waals surface area contributed by atoms with Crippen molar-refractivity contribution in [1.82, 2.24) is 0 Å². The summed E-state index contributed by atoms with van der Waals surface area (Å²) >= 11 is 6.31. The van der Waals surface area contributed by atoms with Gasteiger partial charge in [0.2, 0.25) is 0 Å². The van der Waals surface area contributed by atoms with Gasteiger partial charge in [0.1, 0.15) is 0 Å². The molecule has 0 aromatic rings. The van der Waals surface area contributed by atoms with E-state index in [4.69, 9.17) is 24.7 Å². The van der Waals surface area contributed by atoms with Gasteiger partial charge in [-0.25, -0.2) is 0 Å². The Hall–Kier alpha value is 0.821. The first-order chi connectivity index (χ1) is 9.29. The highest BCUT2D eigenvalue weighted by atomic mass is 35.6. The minimum atomic E-state index is -1.57. The molecule has 0 fully saturated rings. The lowest BCUT2D eigenvalue weighted by Crippen LogP contribution is -2.40. The van der Waals surface area contributed by atoms with Gasteiger partial charge < -0.3 is 13.6 Å². The van der Waals surface area contributed by atoms with Crippen molar-refractivity contribution >= 4 is 35.1 Å². The normalized spacial score (nSPS) is 15.3. The molecular weight excluding hydrogens is 336 g/mol. The number of hydrogen-bond donors (Lipinski definition) is 0. The fraction of sp³-hybridized carbons (Fsp3) is 1.00. The largest absolute Gasteiger partial charge is 0.415 e. The SMILES string of the molecule is C[Si](C)(Cl)CCCOCC(CO[Si](C)(C)C)O[Si](C)(C)C. The van der Waals surface area contributed by atoms with Crippen molar-refractivity contribution in [2.24, 2.45) is 0 Å². The molecule has 0 aromatic heterocycles. The maximum atomic E-state index is 6.31. The van der Waals surface area contributed by atoms with E-state index in [1.807, 2.05) is 0 Å². The average Bonchev–Trinajstić information content (AvgIpc) is 2.20. The first kappa shape index (κ1) is 21.8. The fourth-order valence-corrected chi connectivity index (χ4v) is 4.98. The van der Waals surface area contributed by atoms with Gasteiger partial charge in [0.15, 0.2) is 24.0 Å². The van der Waals surface area contributed by atoms with Gasteiger partial charge >= 0.3 is 0 Å². The van der Waals surface area contributed by atoms with Crippen molar-refractivity contribution in [2.45, 2.75) is 70.9 Å². The molecular formula is C14H35ClO3Si3. The van der Waals surface area contributed by atoms with E-state index in [1.165, 1.54) is 0 Å². The molecule has 0 N–H and O–H groups in total. The van der Waals surface area contributed by atoms with Crippen LogP contribution in [-0.2, 0) is 13.6 Å². The molecule has 0 aliphatic heterocycles. The highest BCUT2D eigenvalue weighted by Crippen LogP contribution is 2.16. The second-order valence-corrected chi connectivity index (χ2v) is 24.2. The maximum absolute atomic E-state index is 6.31. The highest BCUT2D eigenvalue weighted by Gasteiger charge is 2.24. The molecule has 0 bridgehead atoms. The first-order valence-corrected chi connectivity index (χ1v) is 18.9. The molecule has 0 aliphatic rings. The van der Waals surface area contributed by atoms with Gasteiger partial charge in [-0.1, -0.05) is 13.1 Å². The standard InChI is InChI=1S/C14H35ClO3Si3/c1-19(2,3)17-13-14(18-20(4,5)6)12-16-10-9-11-21(7,8)15/h14H,9-13H2,1-8H3. The van der Waals surface area contributed by atoms with E-state index in [9.17, 15) is 0 Å². The Labute approximate surface area is 139 Å². The maximum Gasteiger partial charge on any atom is 0.184 e.